The molecule has 0 bridgehead atoms. The Morgan fingerprint density at radius 2 is 1.89 bits per heavy atom. The van der Waals surface area contributed by atoms with E-state index < -0.39 is 5.54 Å². The van der Waals surface area contributed by atoms with Crippen LogP contribution in [0.5, 0.6) is 11.5 Å². The minimum absolute atomic E-state index is 0.0460. The molecule has 1 fully saturated rings. The summed E-state index contributed by atoms with van der Waals surface area (Å²) in [5.41, 5.74) is 9.13. The number of fused-ring (bicyclic) bond motifs is 1. The number of ether oxygens (including phenoxy) is 1. The monoisotopic (exact) mass is 484 g/mol. The molecule has 0 unspecified atom stereocenters. The number of carbonyl (C=O) groups is 2. The molecule has 36 heavy (non-hydrogen) atoms. The van der Waals surface area contributed by atoms with Gasteiger partial charge in [-0.05, 0) is 75.1 Å². The average molecular weight is 485 g/mol. The van der Waals surface area contributed by atoms with Crippen molar-refractivity contribution in [2.45, 2.75) is 39.2 Å². The Morgan fingerprint density at radius 3 is 2.64 bits per heavy atom. The second-order valence-corrected chi connectivity index (χ2v) is 9.71. The van der Waals surface area contributed by atoms with Crippen LogP contribution < -0.4 is 21.1 Å². The Labute approximate surface area is 208 Å². The molecule has 9 heteroatoms. The Hall–Kier alpha value is -4.24. The molecule has 1 saturated carbocycles. The summed E-state index contributed by atoms with van der Waals surface area (Å²) >= 11 is 0. The Morgan fingerprint density at radius 1 is 1.08 bits per heavy atom. The number of hydrogen-bond donors (Lipinski definition) is 3. The van der Waals surface area contributed by atoms with E-state index in [2.05, 4.69) is 20.7 Å². The maximum atomic E-state index is 12.9. The summed E-state index contributed by atoms with van der Waals surface area (Å²) in [6, 6.07) is 16.3. The van der Waals surface area contributed by atoms with Crippen LogP contribution in [0.3, 0.4) is 0 Å². The van der Waals surface area contributed by atoms with Crippen LogP contribution >= 0.6 is 0 Å². The van der Waals surface area contributed by atoms with E-state index in [1.807, 2.05) is 45.0 Å². The highest BCUT2D eigenvalue weighted by atomic mass is 16.5. The molecule has 4 N–H and O–H groups in total. The van der Waals surface area contributed by atoms with Gasteiger partial charge in [0.15, 0.2) is 5.65 Å². The smallest absolute Gasteiger partial charge is 0.255 e. The predicted molar refractivity (Wildman–Crippen MR) is 137 cm³/mol. The van der Waals surface area contributed by atoms with Crippen LogP contribution in [0.4, 0.5) is 11.6 Å². The van der Waals surface area contributed by atoms with Crippen molar-refractivity contribution in [3.8, 4) is 11.5 Å². The van der Waals surface area contributed by atoms with Crippen LogP contribution in [0, 0.1) is 12.8 Å². The van der Waals surface area contributed by atoms with Gasteiger partial charge >= 0.3 is 0 Å². The van der Waals surface area contributed by atoms with Gasteiger partial charge in [0.25, 0.3) is 5.91 Å². The molecule has 2 aromatic carbocycles. The number of pyridine rings is 1. The van der Waals surface area contributed by atoms with Gasteiger partial charge in [-0.2, -0.15) is 4.98 Å². The number of rotatable bonds is 7. The number of aromatic nitrogens is 3. The Balaban J connectivity index is 1.31. The summed E-state index contributed by atoms with van der Waals surface area (Å²) in [6.07, 6.45) is 3.52. The van der Waals surface area contributed by atoms with Gasteiger partial charge in [0, 0.05) is 28.8 Å². The lowest BCUT2D eigenvalue weighted by molar-refractivity contribution is -0.117. The van der Waals surface area contributed by atoms with Gasteiger partial charge in [-0.25, -0.2) is 4.52 Å². The first kappa shape index (κ1) is 23.5. The van der Waals surface area contributed by atoms with Crippen LogP contribution in [0.25, 0.3) is 5.65 Å². The summed E-state index contributed by atoms with van der Waals surface area (Å²) < 4.78 is 7.66. The van der Waals surface area contributed by atoms with E-state index in [4.69, 9.17) is 10.5 Å². The number of nitrogens with two attached hydrogens (primary N) is 1. The zero-order chi connectivity index (χ0) is 25.4. The number of nitrogens with zero attached hydrogens (tertiary/aromatic N) is 3. The number of aryl methyl sites for hydroxylation is 1. The third-order valence-electron chi connectivity index (χ3n) is 6.03. The molecule has 2 aromatic heterocycles. The summed E-state index contributed by atoms with van der Waals surface area (Å²) in [5, 5.41) is 10.0. The first-order valence-electron chi connectivity index (χ1n) is 11.8. The van der Waals surface area contributed by atoms with Crippen LogP contribution in [0.2, 0.25) is 0 Å². The van der Waals surface area contributed by atoms with E-state index in [0.29, 0.717) is 28.4 Å². The normalized spacial score (nSPS) is 13.4. The highest BCUT2D eigenvalue weighted by molar-refractivity contribution is 6.04. The maximum absolute atomic E-state index is 12.9. The third kappa shape index (κ3) is 5.21. The number of amides is 2. The minimum atomic E-state index is -0.546. The number of benzene rings is 2. The van der Waals surface area contributed by atoms with E-state index in [1.54, 1.807) is 41.0 Å². The molecule has 0 spiro atoms. The number of carbonyl (C=O) groups excluding carboxylic acids is 2. The maximum Gasteiger partial charge on any atom is 0.255 e. The Bertz CT molecular complexity index is 1470. The van der Waals surface area contributed by atoms with Crippen LogP contribution in [-0.2, 0) is 10.3 Å². The fourth-order valence-corrected chi connectivity index (χ4v) is 3.71. The lowest BCUT2D eigenvalue weighted by atomic mass is 9.94. The second kappa shape index (κ2) is 9.09. The van der Waals surface area contributed by atoms with Gasteiger partial charge in [-0.15, -0.1) is 5.10 Å². The third-order valence-corrected chi connectivity index (χ3v) is 6.03. The molecule has 0 radical (unpaired) electrons. The van der Waals surface area contributed by atoms with Crippen molar-refractivity contribution in [3.05, 3.63) is 77.5 Å². The summed E-state index contributed by atoms with van der Waals surface area (Å²) in [7, 11) is 0. The van der Waals surface area contributed by atoms with Crippen molar-refractivity contribution >= 4 is 29.1 Å². The molecule has 1 aliphatic rings. The number of anilines is 2. The lowest BCUT2D eigenvalue weighted by Gasteiger charge is -2.19. The van der Waals surface area contributed by atoms with E-state index in [1.165, 1.54) is 0 Å². The molecular weight excluding hydrogens is 456 g/mol. The van der Waals surface area contributed by atoms with Gasteiger partial charge in [0.2, 0.25) is 11.9 Å². The molecule has 5 rings (SSSR count). The zero-order valence-electron chi connectivity index (χ0n) is 20.4. The molecule has 9 nitrogen and oxygen atoms in total. The summed E-state index contributed by atoms with van der Waals surface area (Å²) in [6.45, 7) is 5.72. The van der Waals surface area contributed by atoms with Gasteiger partial charge in [0.05, 0.1) is 6.20 Å². The van der Waals surface area contributed by atoms with Crippen molar-refractivity contribution in [3.63, 3.8) is 0 Å². The van der Waals surface area contributed by atoms with E-state index >= 15 is 0 Å². The van der Waals surface area contributed by atoms with E-state index in [0.717, 1.165) is 24.0 Å². The lowest BCUT2D eigenvalue weighted by Crippen LogP contribution is -2.29. The van der Waals surface area contributed by atoms with Gasteiger partial charge < -0.3 is 15.8 Å². The molecular formula is C27H28N6O3. The van der Waals surface area contributed by atoms with Crippen molar-refractivity contribution in [1.29, 1.82) is 0 Å². The van der Waals surface area contributed by atoms with Gasteiger partial charge in [-0.1, -0.05) is 18.2 Å². The Kier molecular flexibility index (Phi) is 5.93. The van der Waals surface area contributed by atoms with E-state index in [9.17, 15) is 9.59 Å². The standard InChI is InChI=1S/C27H28N6O3/c1-16-7-10-20(29-25(35)18-5-4-6-19(13-18)27(2,3)28)14-22(16)36-21-11-12-23-30-26(32-33(23)15-21)31-24(34)17-8-9-17/h4-7,10-15,17H,8-9,28H2,1-3H3,(H,29,35)(H,31,32,34). The molecule has 4 aromatic rings. The quantitative estimate of drug-likeness (QED) is 0.352. The second-order valence-electron chi connectivity index (χ2n) is 9.71. The van der Waals surface area contributed by atoms with Gasteiger partial charge in [0.1, 0.15) is 11.5 Å². The molecule has 184 valence electrons. The minimum Gasteiger partial charge on any atom is -0.455 e. The largest absolute Gasteiger partial charge is 0.455 e. The van der Waals surface area contributed by atoms with Crippen molar-refractivity contribution in [2.75, 3.05) is 10.6 Å². The van der Waals surface area contributed by atoms with Crippen molar-refractivity contribution in [1.82, 2.24) is 14.6 Å². The topological polar surface area (TPSA) is 124 Å². The molecule has 2 heterocycles. The highest BCUT2D eigenvalue weighted by Crippen LogP contribution is 2.31. The summed E-state index contributed by atoms with van der Waals surface area (Å²) in [4.78, 5) is 29.2. The number of nitrogens with one attached hydrogen (secondary N) is 2. The average Bonchev–Trinajstić information content (AvgIpc) is 3.61. The first-order chi connectivity index (χ1) is 17.2. The van der Waals surface area contributed by atoms with Crippen LogP contribution in [0.15, 0.2) is 60.8 Å². The van der Waals surface area contributed by atoms with Crippen molar-refractivity contribution < 1.29 is 14.3 Å². The number of hydrogen-bond acceptors (Lipinski definition) is 6. The SMILES string of the molecule is Cc1ccc(NC(=O)c2cccc(C(C)(C)N)c2)cc1Oc1ccc2nc(NC(=O)C3CC3)nn2c1. The summed E-state index contributed by atoms with van der Waals surface area (Å²) in [5.74, 6) is 1.19. The van der Waals surface area contributed by atoms with Crippen LogP contribution in [-0.4, -0.2) is 26.4 Å². The predicted octanol–water partition coefficient (Wildman–Crippen LogP) is 4.62. The fraction of sp³-hybridized carbons (Fsp3) is 0.259. The fourth-order valence-electron chi connectivity index (χ4n) is 3.71. The molecule has 1 aliphatic carbocycles. The van der Waals surface area contributed by atoms with Crippen LogP contribution in [0.1, 0.15) is 48.2 Å². The van der Waals surface area contributed by atoms with Crippen molar-refractivity contribution in [2.24, 2.45) is 11.7 Å². The van der Waals surface area contributed by atoms with Gasteiger partial charge in [-0.3, -0.25) is 14.9 Å². The molecule has 0 atom stereocenters. The highest BCUT2D eigenvalue weighted by Gasteiger charge is 2.30. The molecule has 0 aliphatic heterocycles. The first-order valence-corrected chi connectivity index (χ1v) is 11.8. The molecule has 2 amide bonds. The van der Waals surface area contributed by atoms with E-state index in [-0.39, 0.29) is 23.7 Å². The zero-order valence-corrected chi connectivity index (χ0v) is 20.4. The molecule has 0 saturated heterocycles.